The van der Waals surface area contributed by atoms with Crippen LogP contribution < -0.4 is 0 Å². The predicted octanol–water partition coefficient (Wildman–Crippen LogP) is 3.24. The molecule has 18 heavy (non-hydrogen) atoms. The summed E-state index contributed by atoms with van der Waals surface area (Å²) < 4.78 is 12.7. The number of fused-ring (bicyclic) bond motifs is 1. The average molecular weight is 237 g/mol. The minimum atomic E-state index is -0.498. The van der Waals surface area contributed by atoms with Crippen LogP contribution in [0.15, 0.2) is 42.6 Å². The fourth-order valence-electron chi connectivity index (χ4n) is 1.89. The van der Waals surface area contributed by atoms with E-state index in [0.717, 1.165) is 22.2 Å². The minimum absolute atomic E-state index is 0.498. The van der Waals surface area contributed by atoms with Crippen molar-refractivity contribution in [3.8, 4) is 17.3 Å². The Morgan fingerprint density at radius 2 is 2.06 bits per heavy atom. The van der Waals surface area contributed by atoms with Gasteiger partial charge in [0.25, 0.3) is 0 Å². The van der Waals surface area contributed by atoms with Gasteiger partial charge in [0.15, 0.2) is 0 Å². The monoisotopic (exact) mass is 237 g/mol. The molecule has 3 aromatic rings. The van der Waals surface area contributed by atoms with Crippen molar-refractivity contribution in [2.45, 2.75) is 0 Å². The Balaban J connectivity index is 2.13. The highest BCUT2D eigenvalue weighted by Gasteiger charge is 2.04. The second kappa shape index (κ2) is 3.97. The summed E-state index contributed by atoms with van der Waals surface area (Å²) in [6, 6.07) is 12.5. The lowest BCUT2D eigenvalue weighted by Gasteiger charge is -1.95. The second-order valence-corrected chi connectivity index (χ2v) is 3.97. The van der Waals surface area contributed by atoms with Crippen LogP contribution in [0.5, 0.6) is 0 Å². The SMILES string of the molecule is N#Cc1ccc2cc(-c3ccc(F)nc3)[nH]c2c1. The van der Waals surface area contributed by atoms with Gasteiger partial charge in [-0.15, -0.1) is 0 Å². The molecule has 0 unspecified atom stereocenters. The molecule has 3 rings (SSSR count). The number of benzene rings is 1. The van der Waals surface area contributed by atoms with Gasteiger partial charge in [0.05, 0.1) is 11.6 Å². The highest BCUT2D eigenvalue weighted by Crippen LogP contribution is 2.24. The molecule has 86 valence electrons. The summed E-state index contributed by atoms with van der Waals surface area (Å²) in [4.78, 5) is 6.81. The molecular weight excluding hydrogens is 229 g/mol. The Bertz CT molecular complexity index is 751. The minimum Gasteiger partial charge on any atom is -0.354 e. The fraction of sp³-hybridized carbons (Fsp3) is 0. The van der Waals surface area contributed by atoms with Crippen molar-refractivity contribution >= 4 is 10.9 Å². The van der Waals surface area contributed by atoms with Gasteiger partial charge in [0, 0.05) is 28.4 Å². The maximum absolute atomic E-state index is 12.7. The molecule has 2 heterocycles. The van der Waals surface area contributed by atoms with Gasteiger partial charge in [0.2, 0.25) is 5.95 Å². The van der Waals surface area contributed by atoms with Crippen LogP contribution in [-0.2, 0) is 0 Å². The Labute approximate surface area is 103 Å². The molecule has 0 spiro atoms. The van der Waals surface area contributed by atoms with Crippen molar-refractivity contribution in [3.05, 3.63) is 54.1 Å². The summed E-state index contributed by atoms with van der Waals surface area (Å²) in [6.07, 6.45) is 1.48. The Hall–Kier alpha value is -2.67. The zero-order chi connectivity index (χ0) is 12.5. The highest BCUT2D eigenvalue weighted by molar-refractivity contribution is 5.86. The summed E-state index contributed by atoms with van der Waals surface area (Å²) >= 11 is 0. The summed E-state index contributed by atoms with van der Waals surface area (Å²) in [5.41, 5.74) is 3.15. The Morgan fingerprint density at radius 1 is 1.17 bits per heavy atom. The van der Waals surface area contributed by atoms with Crippen LogP contribution in [0, 0.1) is 17.3 Å². The van der Waals surface area contributed by atoms with E-state index in [1.165, 1.54) is 12.3 Å². The first-order valence-electron chi connectivity index (χ1n) is 5.41. The van der Waals surface area contributed by atoms with E-state index in [1.807, 2.05) is 12.1 Å². The van der Waals surface area contributed by atoms with Gasteiger partial charge in [-0.25, -0.2) is 4.98 Å². The van der Waals surface area contributed by atoms with E-state index in [2.05, 4.69) is 16.0 Å². The van der Waals surface area contributed by atoms with Crippen molar-refractivity contribution in [2.24, 2.45) is 0 Å². The number of H-pyrrole nitrogens is 1. The van der Waals surface area contributed by atoms with Crippen LogP contribution in [0.2, 0.25) is 0 Å². The first-order chi connectivity index (χ1) is 8.76. The standard InChI is InChI=1S/C14H8FN3/c15-14-4-3-11(8-17-14)13-6-10-2-1-9(7-16)5-12(10)18-13/h1-6,8,18H. The van der Waals surface area contributed by atoms with Gasteiger partial charge in [-0.1, -0.05) is 6.07 Å². The van der Waals surface area contributed by atoms with Crippen molar-refractivity contribution in [3.63, 3.8) is 0 Å². The van der Waals surface area contributed by atoms with Crippen molar-refractivity contribution in [2.75, 3.05) is 0 Å². The molecule has 0 aliphatic heterocycles. The molecule has 0 atom stereocenters. The van der Waals surface area contributed by atoms with Crippen molar-refractivity contribution in [1.29, 1.82) is 5.26 Å². The topological polar surface area (TPSA) is 52.5 Å². The van der Waals surface area contributed by atoms with Gasteiger partial charge in [-0.05, 0) is 30.3 Å². The van der Waals surface area contributed by atoms with Crippen LogP contribution >= 0.6 is 0 Å². The maximum atomic E-state index is 12.7. The van der Waals surface area contributed by atoms with E-state index < -0.39 is 5.95 Å². The molecule has 0 saturated heterocycles. The number of aromatic amines is 1. The number of pyridine rings is 1. The molecule has 1 N–H and O–H groups in total. The summed E-state index contributed by atoms with van der Waals surface area (Å²) in [5, 5.41) is 9.84. The van der Waals surface area contributed by atoms with Gasteiger partial charge in [-0.3, -0.25) is 0 Å². The fourth-order valence-corrected chi connectivity index (χ4v) is 1.89. The second-order valence-electron chi connectivity index (χ2n) is 3.97. The first kappa shape index (κ1) is 10.5. The van der Waals surface area contributed by atoms with Crippen LogP contribution in [0.4, 0.5) is 4.39 Å². The average Bonchev–Trinajstić information content (AvgIpc) is 2.82. The highest BCUT2D eigenvalue weighted by atomic mass is 19.1. The molecule has 0 amide bonds. The normalized spacial score (nSPS) is 10.4. The van der Waals surface area contributed by atoms with Crippen LogP contribution in [-0.4, -0.2) is 9.97 Å². The first-order valence-corrected chi connectivity index (χ1v) is 5.41. The Kier molecular flexibility index (Phi) is 2.31. The lowest BCUT2D eigenvalue weighted by molar-refractivity contribution is 0.584. The quantitative estimate of drug-likeness (QED) is 0.660. The molecule has 4 heteroatoms. The molecule has 0 aliphatic carbocycles. The Morgan fingerprint density at radius 3 is 2.78 bits per heavy atom. The largest absolute Gasteiger partial charge is 0.354 e. The molecule has 0 radical (unpaired) electrons. The summed E-state index contributed by atoms with van der Waals surface area (Å²) in [6.45, 7) is 0. The number of rotatable bonds is 1. The molecular formula is C14H8FN3. The third kappa shape index (κ3) is 1.72. The molecule has 0 fully saturated rings. The number of hydrogen-bond acceptors (Lipinski definition) is 2. The van der Waals surface area contributed by atoms with E-state index >= 15 is 0 Å². The molecule has 0 saturated carbocycles. The van der Waals surface area contributed by atoms with E-state index in [1.54, 1.807) is 18.2 Å². The van der Waals surface area contributed by atoms with Crippen molar-refractivity contribution in [1.82, 2.24) is 9.97 Å². The summed E-state index contributed by atoms with van der Waals surface area (Å²) in [5.74, 6) is -0.498. The van der Waals surface area contributed by atoms with Crippen LogP contribution in [0.1, 0.15) is 5.56 Å². The maximum Gasteiger partial charge on any atom is 0.212 e. The number of aromatic nitrogens is 2. The van der Waals surface area contributed by atoms with Gasteiger partial charge < -0.3 is 4.98 Å². The van der Waals surface area contributed by atoms with E-state index in [4.69, 9.17) is 5.26 Å². The lowest BCUT2D eigenvalue weighted by atomic mass is 10.1. The molecule has 2 aromatic heterocycles. The molecule has 1 aromatic carbocycles. The van der Waals surface area contributed by atoms with Crippen LogP contribution in [0.25, 0.3) is 22.2 Å². The number of nitrogens with zero attached hydrogens (tertiary/aromatic N) is 2. The predicted molar refractivity (Wildman–Crippen MR) is 66.2 cm³/mol. The van der Waals surface area contributed by atoms with Gasteiger partial charge in [0.1, 0.15) is 0 Å². The van der Waals surface area contributed by atoms with E-state index in [0.29, 0.717) is 5.56 Å². The van der Waals surface area contributed by atoms with Crippen LogP contribution in [0.3, 0.4) is 0 Å². The van der Waals surface area contributed by atoms with Gasteiger partial charge >= 0.3 is 0 Å². The van der Waals surface area contributed by atoms with Crippen molar-refractivity contribution < 1.29 is 4.39 Å². The zero-order valence-corrected chi connectivity index (χ0v) is 9.31. The number of nitrogens with one attached hydrogen (secondary N) is 1. The van der Waals surface area contributed by atoms with Gasteiger partial charge in [-0.2, -0.15) is 9.65 Å². The summed E-state index contributed by atoms with van der Waals surface area (Å²) in [7, 11) is 0. The van der Waals surface area contributed by atoms with E-state index in [9.17, 15) is 4.39 Å². The number of hydrogen-bond donors (Lipinski definition) is 1. The molecule has 0 aliphatic rings. The number of nitriles is 1. The third-order valence-corrected chi connectivity index (χ3v) is 2.79. The lowest BCUT2D eigenvalue weighted by Crippen LogP contribution is -1.83. The molecule has 3 nitrogen and oxygen atoms in total. The number of halogens is 1. The smallest absolute Gasteiger partial charge is 0.212 e. The molecule has 0 bridgehead atoms. The third-order valence-electron chi connectivity index (χ3n) is 2.79. The zero-order valence-electron chi connectivity index (χ0n) is 9.31. The van der Waals surface area contributed by atoms with E-state index in [-0.39, 0.29) is 0 Å².